The second kappa shape index (κ2) is 10.5. The Morgan fingerprint density at radius 3 is 2.65 bits per heavy atom. The van der Waals surface area contributed by atoms with Gasteiger partial charge in [0, 0.05) is 26.1 Å². The number of hydrogen-bond donors (Lipinski definition) is 1. The molecule has 0 rings (SSSR count). The van der Waals surface area contributed by atoms with E-state index in [0.717, 1.165) is 25.9 Å². The van der Waals surface area contributed by atoms with Crippen molar-refractivity contribution in [1.82, 2.24) is 4.90 Å². The Hall–Kier alpha value is -0.650. The number of rotatable bonds is 10. The topological polar surface area (TPSA) is 64.8 Å². The summed E-state index contributed by atoms with van der Waals surface area (Å²) in [6.45, 7) is 5.06. The van der Waals surface area contributed by atoms with Crippen molar-refractivity contribution in [2.45, 2.75) is 32.3 Å². The van der Waals surface area contributed by atoms with Crippen LogP contribution < -0.4 is 5.73 Å². The highest BCUT2D eigenvalue weighted by Gasteiger charge is 2.08. The van der Waals surface area contributed by atoms with Crippen LogP contribution in [0.3, 0.4) is 0 Å². The Morgan fingerprint density at radius 1 is 1.41 bits per heavy atom. The lowest BCUT2D eigenvalue weighted by molar-refractivity contribution is -0.140. The summed E-state index contributed by atoms with van der Waals surface area (Å²) in [6, 6.07) is 0. The number of carbonyl (C=O) groups excluding carboxylic acids is 1. The summed E-state index contributed by atoms with van der Waals surface area (Å²) in [5, 5.41) is 0. The van der Waals surface area contributed by atoms with E-state index < -0.39 is 0 Å². The van der Waals surface area contributed by atoms with Gasteiger partial charge in [-0.1, -0.05) is 0 Å². The first-order valence-electron chi connectivity index (χ1n) is 6.21. The zero-order chi connectivity index (χ0) is 13.1. The number of methoxy groups -OCH3 is 1. The molecule has 5 heteroatoms. The maximum absolute atomic E-state index is 10.9. The lowest BCUT2D eigenvalue weighted by atomic mass is 10.2. The fourth-order valence-corrected chi connectivity index (χ4v) is 1.58. The first kappa shape index (κ1) is 16.4. The SMILES string of the molecule is CCOC(CN)CCN(C)CCCC(=O)OC. The van der Waals surface area contributed by atoms with Crippen molar-refractivity contribution in [2.75, 3.05) is 40.4 Å². The molecule has 0 saturated heterocycles. The van der Waals surface area contributed by atoms with Gasteiger partial charge in [-0.05, 0) is 33.4 Å². The van der Waals surface area contributed by atoms with Crippen molar-refractivity contribution < 1.29 is 14.3 Å². The predicted molar refractivity (Wildman–Crippen MR) is 67.8 cm³/mol. The molecular formula is C12H26N2O3. The van der Waals surface area contributed by atoms with E-state index in [9.17, 15) is 4.79 Å². The van der Waals surface area contributed by atoms with Gasteiger partial charge in [0.2, 0.25) is 0 Å². The van der Waals surface area contributed by atoms with Crippen molar-refractivity contribution in [2.24, 2.45) is 5.73 Å². The maximum Gasteiger partial charge on any atom is 0.305 e. The summed E-state index contributed by atoms with van der Waals surface area (Å²) in [5.74, 6) is -0.146. The van der Waals surface area contributed by atoms with E-state index in [1.54, 1.807) is 0 Å². The third-order valence-electron chi connectivity index (χ3n) is 2.65. The molecule has 0 heterocycles. The molecule has 2 N–H and O–H groups in total. The van der Waals surface area contributed by atoms with Crippen LogP contribution in [0.2, 0.25) is 0 Å². The van der Waals surface area contributed by atoms with Crippen LogP contribution in [0, 0.1) is 0 Å². The van der Waals surface area contributed by atoms with Crippen LogP contribution >= 0.6 is 0 Å². The molecule has 0 aliphatic carbocycles. The van der Waals surface area contributed by atoms with Gasteiger partial charge >= 0.3 is 5.97 Å². The molecule has 17 heavy (non-hydrogen) atoms. The summed E-state index contributed by atoms with van der Waals surface area (Å²) in [6.07, 6.45) is 2.37. The van der Waals surface area contributed by atoms with Gasteiger partial charge in [0.1, 0.15) is 0 Å². The number of ether oxygens (including phenoxy) is 2. The van der Waals surface area contributed by atoms with Crippen LogP contribution in [0.1, 0.15) is 26.2 Å². The molecule has 1 atom stereocenters. The second-order valence-electron chi connectivity index (χ2n) is 4.08. The molecule has 0 aromatic rings. The molecule has 0 fully saturated rings. The van der Waals surface area contributed by atoms with Crippen molar-refractivity contribution >= 4 is 5.97 Å². The molecular weight excluding hydrogens is 220 g/mol. The minimum atomic E-state index is -0.146. The normalized spacial score (nSPS) is 12.8. The third-order valence-corrected chi connectivity index (χ3v) is 2.65. The van der Waals surface area contributed by atoms with Gasteiger partial charge in [-0.2, -0.15) is 0 Å². The number of esters is 1. The quantitative estimate of drug-likeness (QED) is 0.573. The van der Waals surface area contributed by atoms with Gasteiger partial charge in [-0.15, -0.1) is 0 Å². The Balaban J connectivity index is 3.57. The van der Waals surface area contributed by atoms with E-state index in [0.29, 0.717) is 19.6 Å². The minimum absolute atomic E-state index is 0.142. The molecule has 0 aromatic carbocycles. The van der Waals surface area contributed by atoms with Crippen molar-refractivity contribution in [3.05, 3.63) is 0 Å². The maximum atomic E-state index is 10.9. The zero-order valence-corrected chi connectivity index (χ0v) is 11.3. The first-order chi connectivity index (χ1) is 8.13. The summed E-state index contributed by atoms with van der Waals surface area (Å²) in [5.41, 5.74) is 5.60. The zero-order valence-electron chi connectivity index (χ0n) is 11.3. The van der Waals surface area contributed by atoms with Crippen molar-refractivity contribution in [3.63, 3.8) is 0 Å². The lowest BCUT2D eigenvalue weighted by Crippen LogP contribution is -2.30. The Kier molecular flexibility index (Phi) is 10.1. The summed E-state index contributed by atoms with van der Waals surface area (Å²) < 4.78 is 10.1. The summed E-state index contributed by atoms with van der Waals surface area (Å²) in [7, 11) is 3.46. The molecule has 0 aliphatic rings. The highest BCUT2D eigenvalue weighted by Crippen LogP contribution is 2.00. The van der Waals surface area contributed by atoms with Crippen molar-refractivity contribution in [1.29, 1.82) is 0 Å². The average molecular weight is 246 g/mol. The minimum Gasteiger partial charge on any atom is -0.469 e. The van der Waals surface area contributed by atoms with Gasteiger partial charge in [-0.25, -0.2) is 0 Å². The lowest BCUT2D eigenvalue weighted by Gasteiger charge is -2.20. The van der Waals surface area contributed by atoms with E-state index >= 15 is 0 Å². The van der Waals surface area contributed by atoms with Gasteiger partial charge in [0.05, 0.1) is 13.2 Å². The van der Waals surface area contributed by atoms with Gasteiger partial charge in [-0.3, -0.25) is 4.79 Å². The van der Waals surface area contributed by atoms with Crippen LogP contribution in [0.25, 0.3) is 0 Å². The molecule has 0 radical (unpaired) electrons. The Labute approximate surface area is 104 Å². The van der Waals surface area contributed by atoms with Crippen LogP contribution in [0.4, 0.5) is 0 Å². The van der Waals surface area contributed by atoms with Crippen LogP contribution in [0.5, 0.6) is 0 Å². The second-order valence-corrected chi connectivity index (χ2v) is 4.08. The Morgan fingerprint density at radius 2 is 2.12 bits per heavy atom. The number of nitrogens with two attached hydrogens (primary N) is 1. The summed E-state index contributed by atoms with van der Waals surface area (Å²) >= 11 is 0. The molecule has 0 amide bonds. The Bertz CT molecular complexity index is 200. The van der Waals surface area contributed by atoms with Gasteiger partial charge in [0.15, 0.2) is 0 Å². The highest BCUT2D eigenvalue weighted by molar-refractivity contribution is 5.69. The fourth-order valence-electron chi connectivity index (χ4n) is 1.58. The highest BCUT2D eigenvalue weighted by atomic mass is 16.5. The van der Waals surface area contributed by atoms with Crippen LogP contribution in [0.15, 0.2) is 0 Å². The first-order valence-corrected chi connectivity index (χ1v) is 6.21. The molecule has 0 aliphatic heterocycles. The predicted octanol–water partition coefficient (Wildman–Crippen LogP) is 0.625. The number of nitrogens with zero attached hydrogens (tertiary/aromatic N) is 1. The van der Waals surface area contributed by atoms with E-state index in [2.05, 4.69) is 9.64 Å². The van der Waals surface area contributed by atoms with E-state index in [-0.39, 0.29) is 12.1 Å². The van der Waals surface area contributed by atoms with E-state index in [4.69, 9.17) is 10.5 Å². The molecule has 5 nitrogen and oxygen atoms in total. The van der Waals surface area contributed by atoms with Crippen molar-refractivity contribution in [3.8, 4) is 0 Å². The largest absolute Gasteiger partial charge is 0.469 e. The molecule has 0 saturated carbocycles. The van der Waals surface area contributed by atoms with Gasteiger partial charge in [0.25, 0.3) is 0 Å². The van der Waals surface area contributed by atoms with Crippen LogP contribution in [-0.2, 0) is 14.3 Å². The molecule has 0 aromatic heterocycles. The smallest absolute Gasteiger partial charge is 0.305 e. The number of hydrogen-bond acceptors (Lipinski definition) is 5. The molecule has 0 bridgehead atoms. The standard InChI is InChI=1S/C12H26N2O3/c1-4-17-11(10-13)7-9-14(2)8-5-6-12(15)16-3/h11H,4-10,13H2,1-3H3. The molecule has 0 spiro atoms. The molecule has 1 unspecified atom stereocenters. The van der Waals surface area contributed by atoms with E-state index in [1.807, 2.05) is 14.0 Å². The summed E-state index contributed by atoms with van der Waals surface area (Å²) in [4.78, 5) is 13.1. The average Bonchev–Trinajstić information content (AvgIpc) is 2.34. The van der Waals surface area contributed by atoms with Crippen LogP contribution in [-0.4, -0.2) is 57.4 Å². The monoisotopic (exact) mass is 246 g/mol. The van der Waals surface area contributed by atoms with Gasteiger partial charge < -0.3 is 20.1 Å². The molecule has 102 valence electrons. The number of carbonyl (C=O) groups is 1. The fraction of sp³-hybridized carbons (Fsp3) is 0.917. The van der Waals surface area contributed by atoms with E-state index in [1.165, 1.54) is 7.11 Å². The third kappa shape index (κ3) is 9.09.